The maximum absolute atomic E-state index is 13.9. The Morgan fingerprint density at radius 2 is 2.09 bits per heavy atom. The maximum atomic E-state index is 13.9. The first kappa shape index (κ1) is 25.1. The van der Waals surface area contributed by atoms with Crippen LogP contribution in [0, 0.1) is 11.2 Å². The number of rotatable bonds is 6. The Balaban J connectivity index is 0.000000555. The molecule has 0 amide bonds. The van der Waals surface area contributed by atoms with Gasteiger partial charge in [-0.15, -0.1) is 0 Å². The molecule has 1 saturated carbocycles. The number of nitrogens with zero attached hydrogens (tertiary/aromatic N) is 5. The van der Waals surface area contributed by atoms with Gasteiger partial charge < -0.3 is 20.3 Å². The zero-order valence-corrected chi connectivity index (χ0v) is 20.0. The molecule has 182 valence electrons. The smallest absolute Gasteiger partial charge is 0.293 e. The van der Waals surface area contributed by atoms with Gasteiger partial charge in [0.15, 0.2) is 0 Å². The van der Waals surface area contributed by atoms with Crippen LogP contribution in [0.5, 0.6) is 0 Å². The van der Waals surface area contributed by atoms with E-state index in [1.54, 1.807) is 32.3 Å². The van der Waals surface area contributed by atoms with Crippen LogP contribution in [-0.2, 0) is 9.53 Å². The molecule has 2 N–H and O–H groups in total. The minimum absolute atomic E-state index is 0.329. The van der Waals surface area contributed by atoms with E-state index < -0.39 is 0 Å². The molecule has 33 heavy (non-hydrogen) atoms. The highest BCUT2D eigenvalue weighted by Crippen LogP contribution is 2.46. The van der Waals surface area contributed by atoms with Crippen molar-refractivity contribution in [3.05, 3.63) is 29.9 Å². The lowest BCUT2D eigenvalue weighted by Gasteiger charge is -2.47. The minimum atomic E-state index is -0.329. The van der Waals surface area contributed by atoms with Crippen LogP contribution in [0.2, 0.25) is 0 Å². The lowest BCUT2D eigenvalue weighted by molar-refractivity contribution is -0.128. The molecule has 1 aromatic heterocycles. The Morgan fingerprint density at radius 1 is 1.36 bits per heavy atom. The molecular formula is C24H37FN6O2. The van der Waals surface area contributed by atoms with Gasteiger partial charge in [-0.1, -0.05) is 0 Å². The molecule has 2 saturated heterocycles. The molecule has 9 heteroatoms. The molecule has 1 atom stereocenters. The molecule has 1 aliphatic carbocycles. The van der Waals surface area contributed by atoms with E-state index in [2.05, 4.69) is 36.5 Å². The number of aliphatic imine (C=N–C) groups is 1. The number of hydrogen-bond donors (Lipinski definition) is 1. The highest BCUT2D eigenvalue weighted by molar-refractivity contribution is 5.85. The quantitative estimate of drug-likeness (QED) is 0.513. The van der Waals surface area contributed by atoms with Crippen LogP contribution >= 0.6 is 0 Å². The summed E-state index contributed by atoms with van der Waals surface area (Å²) in [7, 11) is 3.91. The standard InChI is InChI=1S/C21H31FN6.C3H6O2/c1-24-6-4-18(23)20-19(11-16(22)13-25-20)28-9-7-27(8-10-28)17-3-5-21(12-17)14-26(2)15-21;1-2-5-3-4/h4,6,11,13,17H,3,5,7-10,12,14-15,23H2,1-2H3;3H,2H2,1H3/b18-4-,24-6?;. The number of aromatic nitrogens is 1. The Labute approximate surface area is 196 Å². The fraction of sp³-hybridized carbons (Fsp3) is 0.625. The summed E-state index contributed by atoms with van der Waals surface area (Å²) < 4.78 is 18.1. The number of allylic oxidation sites excluding steroid dienone is 1. The lowest BCUT2D eigenvalue weighted by Crippen LogP contribution is -2.54. The first-order valence-corrected chi connectivity index (χ1v) is 11.7. The Kier molecular flexibility index (Phi) is 8.80. The van der Waals surface area contributed by atoms with Crippen LogP contribution in [-0.4, -0.2) is 93.5 Å². The number of ether oxygens (including phenoxy) is 1. The molecular weight excluding hydrogens is 423 g/mol. The van der Waals surface area contributed by atoms with Crippen molar-refractivity contribution < 1.29 is 13.9 Å². The molecule has 3 heterocycles. The van der Waals surface area contributed by atoms with Crippen molar-refractivity contribution >= 4 is 24.1 Å². The number of halogens is 1. The second-order valence-corrected chi connectivity index (χ2v) is 9.19. The van der Waals surface area contributed by atoms with Crippen LogP contribution in [0.4, 0.5) is 10.1 Å². The summed E-state index contributed by atoms with van der Waals surface area (Å²) in [4.78, 5) is 24.7. The van der Waals surface area contributed by atoms with Crippen molar-refractivity contribution in [2.45, 2.75) is 32.2 Å². The molecule has 2 aliphatic heterocycles. The van der Waals surface area contributed by atoms with E-state index in [0.717, 1.165) is 31.9 Å². The summed E-state index contributed by atoms with van der Waals surface area (Å²) in [6.45, 7) is 8.94. The van der Waals surface area contributed by atoms with E-state index in [9.17, 15) is 9.18 Å². The summed E-state index contributed by atoms with van der Waals surface area (Å²) in [5, 5.41) is 0. The summed E-state index contributed by atoms with van der Waals surface area (Å²) in [6, 6.07) is 2.25. The molecule has 0 aromatic carbocycles. The van der Waals surface area contributed by atoms with E-state index in [0.29, 0.717) is 35.9 Å². The number of anilines is 1. The predicted octanol–water partition coefficient (Wildman–Crippen LogP) is 2.01. The molecule has 8 nitrogen and oxygen atoms in total. The van der Waals surface area contributed by atoms with E-state index in [1.165, 1.54) is 38.5 Å². The van der Waals surface area contributed by atoms with Gasteiger partial charge in [-0.05, 0) is 44.7 Å². The van der Waals surface area contributed by atoms with Crippen molar-refractivity contribution in [3.8, 4) is 0 Å². The second kappa shape index (κ2) is 11.6. The average Bonchev–Trinajstić information content (AvgIpc) is 3.23. The maximum Gasteiger partial charge on any atom is 0.293 e. The van der Waals surface area contributed by atoms with Gasteiger partial charge in [0.2, 0.25) is 0 Å². The highest BCUT2D eigenvalue weighted by Gasteiger charge is 2.48. The van der Waals surface area contributed by atoms with Crippen LogP contribution in [0.3, 0.4) is 0 Å². The molecule has 0 bridgehead atoms. The molecule has 3 aliphatic rings. The number of carbonyl (C=O) groups excluding carboxylic acids is 1. The number of hydrogen-bond acceptors (Lipinski definition) is 8. The average molecular weight is 461 g/mol. The van der Waals surface area contributed by atoms with E-state index in [-0.39, 0.29) is 5.82 Å². The Morgan fingerprint density at radius 3 is 2.67 bits per heavy atom. The summed E-state index contributed by atoms with van der Waals surface area (Å²) in [5.74, 6) is -0.329. The third-order valence-corrected chi connectivity index (χ3v) is 6.80. The van der Waals surface area contributed by atoms with Gasteiger partial charge in [0.05, 0.1) is 24.2 Å². The van der Waals surface area contributed by atoms with Crippen molar-refractivity contribution in [3.63, 3.8) is 0 Å². The highest BCUT2D eigenvalue weighted by atomic mass is 19.1. The van der Waals surface area contributed by atoms with Gasteiger partial charge in [0.1, 0.15) is 11.5 Å². The van der Waals surface area contributed by atoms with Crippen molar-refractivity contribution in [2.75, 3.05) is 64.9 Å². The first-order valence-electron chi connectivity index (χ1n) is 11.7. The zero-order valence-electron chi connectivity index (χ0n) is 20.0. The fourth-order valence-corrected chi connectivity index (χ4v) is 5.40. The van der Waals surface area contributed by atoms with Gasteiger partial charge in [-0.25, -0.2) is 9.37 Å². The third-order valence-electron chi connectivity index (χ3n) is 6.80. The minimum Gasteiger partial charge on any atom is -0.468 e. The monoisotopic (exact) mass is 460 g/mol. The molecule has 1 aromatic rings. The van der Waals surface area contributed by atoms with Crippen LogP contribution in [0.15, 0.2) is 23.3 Å². The third kappa shape index (κ3) is 6.29. The lowest BCUT2D eigenvalue weighted by atomic mass is 9.78. The SMILES string of the molecule is CCOC=O.CN=C/C=C(\N)c1ncc(F)cc1N1CCN(C2CCC3(C2)CN(C)C3)CC1. The van der Waals surface area contributed by atoms with Crippen molar-refractivity contribution in [1.29, 1.82) is 0 Å². The van der Waals surface area contributed by atoms with Gasteiger partial charge in [-0.2, -0.15) is 0 Å². The number of carbonyl (C=O) groups is 1. The van der Waals surface area contributed by atoms with Crippen LogP contribution < -0.4 is 10.6 Å². The Hall–Kier alpha value is -2.52. The van der Waals surface area contributed by atoms with Crippen LogP contribution in [0.1, 0.15) is 31.9 Å². The first-order chi connectivity index (χ1) is 15.9. The molecule has 4 rings (SSSR count). The topological polar surface area (TPSA) is 87.3 Å². The largest absolute Gasteiger partial charge is 0.468 e. The fourth-order valence-electron chi connectivity index (χ4n) is 5.40. The normalized spacial score (nSPS) is 23.3. The van der Waals surface area contributed by atoms with Gasteiger partial charge in [-0.3, -0.25) is 14.7 Å². The number of nitrogens with two attached hydrogens (primary N) is 1. The van der Waals surface area contributed by atoms with Gasteiger partial charge >= 0.3 is 0 Å². The molecule has 1 spiro atoms. The number of piperazine rings is 1. The zero-order chi connectivity index (χ0) is 23.8. The van der Waals surface area contributed by atoms with E-state index in [4.69, 9.17) is 5.73 Å². The van der Waals surface area contributed by atoms with E-state index >= 15 is 0 Å². The summed E-state index contributed by atoms with van der Waals surface area (Å²) in [5.41, 5.74) is 8.67. The van der Waals surface area contributed by atoms with Gasteiger partial charge in [0.25, 0.3) is 6.47 Å². The number of likely N-dealkylation sites (tertiary alicyclic amines) is 1. The van der Waals surface area contributed by atoms with Crippen molar-refractivity contribution in [1.82, 2.24) is 14.8 Å². The molecule has 3 fully saturated rings. The summed E-state index contributed by atoms with van der Waals surface area (Å²) in [6.07, 6.45) is 8.58. The summed E-state index contributed by atoms with van der Waals surface area (Å²) >= 11 is 0. The molecule has 1 unspecified atom stereocenters. The molecule has 0 radical (unpaired) electrons. The van der Waals surface area contributed by atoms with Crippen LogP contribution in [0.25, 0.3) is 5.70 Å². The van der Waals surface area contributed by atoms with Gasteiger partial charge in [0, 0.05) is 64.6 Å². The number of pyridine rings is 1. The Bertz CT molecular complexity index is 847. The predicted molar refractivity (Wildman–Crippen MR) is 130 cm³/mol. The van der Waals surface area contributed by atoms with E-state index in [1.807, 2.05) is 0 Å². The van der Waals surface area contributed by atoms with Crippen molar-refractivity contribution in [2.24, 2.45) is 16.1 Å². The second-order valence-electron chi connectivity index (χ2n) is 9.19.